The fourth-order valence-electron chi connectivity index (χ4n) is 6.83. The fourth-order valence-corrected chi connectivity index (χ4v) is 6.83. The van der Waals surface area contributed by atoms with E-state index >= 15 is 0 Å². The van der Waals surface area contributed by atoms with E-state index in [2.05, 4.69) is 38.1 Å². The molecule has 0 unspecified atom stereocenters. The second kappa shape index (κ2) is 17.5. The number of aryl methyl sites for hydroxylation is 1. The summed E-state index contributed by atoms with van der Waals surface area (Å²) in [7, 11) is 0. The van der Waals surface area contributed by atoms with Crippen molar-refractivity contribution in [1.29, 1.82) is 0 Å². The van der Waals surface area contributed by atoms with E-state index in [4.69, 9.17) is 4.74 Å². The Morgan fingerprint density at radius 1 is 0.543 bits per heavy atom. The van der Waals surface area contributed by atoms with Crippen LogP contribution in [0.15, 0.2) is 24.3 Å². The number of benzene rings is 1. The number of unbranched alkanes of at least 4 members (excludes halogenated alkanes) is 5. The van der Waals surface area contributed by atoms with E-state index in [0.29, 0.717) is 0 Å². The van der Waals surface area contributed by atoms with E-state index in [1.54, 1.807) is 0 Å². The Morgan fingerprint density at radius 2 is 1.03 bits per heavy atom. The predicted octanol–water partition coefficient (Wildman–Crippen LogP) is 10.9. The Labute approximate surface area is 219 Å². The van der Waals surface area contributed by atoms with Crippen LogP contribution in [-0.2, 0) is 6.42 Å². The first kappa shape index (κ1) is 28.6. The molecule has 1 heteroatoms. The van der Waals surface area contributed by atoms with Crippen molar-refractivity contribution in [2.75, 3.05) is 6.61 Å². The van der Waals surface area contributed by atoms with Gasteiger partial charge < -0.3 is 4.74 Å². The third-order valence-electron chi connectivity index (χ3n) is 9.40. The summed E-state index contributed by atoms with van der Waals surface area (Å²) in [4.78, 5) is 0. The lowest BCUT2D eigenvalue weighted by atomic mass is 9.78. The van der Waals surface area contributed by atoms with Gasteiger partial charge in [0, 0.05) is 0 Å². The third-order valence-corrected chi connectivity index (χ3v) is 9.40. The summed E-state index contributed by atoms with van der Waals surface area (Å²) >= 11 is 0. The lowest BCUT2D eigenvalue weighted by Gasteiger charge is -2.28. The van der Waals surface area contributed by atoms with Crippen LogP contribution in [0, 0.1) is 23.7 Å². The molecular weight excluding hydrogens is 424 g/mol. The first-order valence-corrected chi connectivity index (χ1v) is 16.0. The first-order chi connectivity index (χ1) is 17.3. The molecule has 2 saturated carbocycles. The Balaban J connectivity index is 1.20. The van der Waals surface area contributed by atoms with Gasteiger partial charge in [0.2, 0.25) is 0 Å². The van der Waals surface area contributed by atoms with Gasteiger partial charge in [-0.3, -0.25) is 0 Å². The Kier molecular flexibility index (Phi) is 14.3. The summed E-state index contributed by atoms with van der Waals surface area (Å²) in [5.74, 6) is 5.05. The maximum absolute atomic E-state index is 6.09. The van der Waals surface area contributed by atoms with Gasteiger partial charge in [0.05, 0.1) is 6.61 Å². The van der Waals surface area contributed by atoms with E-state index in [1.807, 2.05) is 0 Å². The lowest BCUT2D eigenvalue weighted by Crippen LogP contribution is -2.15. The van der Waals surface area contributed by atoms with Gasteiger partial charge in [0.25, 0.3) is 0 Å². The molecule has 3 rings (SSSR count). The fraction of sp³-hybridized carbons (Fsp3) is 0.824. The van der Waals surface area contributed by atoms with Crippen molar-refractivity contribution >= 4 is 0 Å². The highest BCUT2D eigenvalue weighted by atomic mass is 16.5. The summed E-state index contributed by atoms with van der Waals surface area (Å²) in [6.45, 7) is 5.52. The molecule has 1 aromatic carbocycles. The average Bonchev–Trinajstić information content (AvgIpc) is 2.90. The smallest absolute Gasteiger partial charge is 0.119 e. The number of hydrogen-bond acceptors (Lipinski definition) is 1. The topological polar surface area (TPSA) is 9.23 Å². The summed E-state index contributed by atoms with van der Waals surface area (Å²) in [5, 5.41) is 0. The second-order valence-corrected chi connectivity index (χ2v) is 12.3. The van der Waals surface area contributed by atoms with Gasteiger partial charge in [-0.2, -0.15) is 0 Å². The minimum atomic E-state index is 0.886. The van der Waals surface area contributed by atoms with Crippen LogP contribution in [-0.4, -0.2) is 6.61 Å². The van der Waals surface area contributed by atoms with Crippen molar-refractivity contribution < 1.29 is 4.74 Å². The van der Waals surface area contributed by atoms with Gasteiger partial charge in [0.15, 0.2) is 0 Å². The predicted molar refractivity (Wildman–Crippen MR) is 153 cm³/mol. The average molecular weight is 483 g/mol. The number of ether oxygens (including phenoxy) is 1. The molecule has 0 atom stereocenters. The maximum Gasteiger partial charge on any atom is 0.119 e. The minimum absolute atomic E-state index is 0.886. The molecule has 2 aliphatic rings. The van der Waals surface area contributed by atoms with Crippen LogP contribution < -0.4 is 4.74 Å². The van der Waals surface area contributed by atoms with Gasteiger partial charge in [-0.1, -0.05) is 135 Å². The summed E-state index contributed by atoms with van der Waals surface area (Å²) in [6.07, 6.45) is 30.0. The molecule has 35 heavy (non-hydrogen) atoms. The van der Waals surface area contributed by atoms with Gasteiger partial charge in [-0.15, -0.1) is 0 Å². The molecule has 0 radical (unpaired) electrons. The lowest BCUT2D eigenvalue weighted by molar-refractivity contribution is 0.228. The van der Waals surface area contributed by atoms with E-state index in [9.17, 15) is 0 Å². The summed E-state index contributed by atoms with van der Waals surface area (Å²) < 4.78 is 6.09. The molecule has 2 fully saturated rings. The zero-order chi connectivity index (χ0) is 24.6. The number of hydrogen-bond donors (Lipinski definition) is 0. The Morgan fingerprint density at radius 3 is 1.60 bits per heavy atom. The van der Waals surface area contributed by atoms with Gasteiger partial charge in [-0.25, -0.2) is 0 Å². The van der Waals surface area contributed by atoms with Crippen LogP contribution in [0.1, 0.15) is 148 Å². The quantitative estimate of drug-likeness (QED) is 0.201. The van der Waals surface area contributed by atoms with Crippen molar-refractivity contribution in [3.8, 4) is 5.75 Å². The second-order valence-electron chi connectivity index (χ2n) is 12.3. The molecule has 0 heterocycles. The van der Waals surface area contributed by atoms with Crippen LogP contribution in [0.25, 0.3) is 0 Å². The van der Waals surface area contributed by atoms with Crippen LogP contribution in [0.4, 0.5) is 0 Å². The van der Waals surface area contributed by atoms with E-state index in [1.165, 1.54) is 140 Å². The molecular formula is C34H58O. The zero-order valence-corrected chi connectivity index (χ0v) is 23.6. The highest BCUT2D eigenvalue weighted by molar-refractivity contribution is 5.27. The van der Waals surface area contributed by atoms with Crippen LogP contribution in [0.5, 0.6) is 5.75 Å². The van der Waals surface area contributed by atoms with E-state index < -0.39 is 0 Å². The van der Waals surface area contributed by atoms with Crippen molar-refractivity contribution in [3.05, 3.63) is 29.8 Å². The summed E-state index contributed by atoms with van der Waals surface area (Å²) in [6, 6.07) is 9.05. The van der Waals surface area contributed by atoms with Crippen molar-refractivity contribution in [3.63, 3.8) is 0 Å². The molecule has 1 nitrogen and oxygen atoms in total. The van der Waals surface area contributed by atoms with Gasteiger partial charge in [-0.05, 0) is 67.1 Å². The molecule has 2 aliphatic carbocycles. The molecule has 0 aliphatic heterocycles. The van der Waals surface area contributed by atoms with Gasteiger partial charge >= 0.3 is 0 Å². The molecule has 1 aromatic rings. The normalized spacial score (nSPS) is 25.0. The third kappa shape index (κ3) is 11.7. The highest BCUT2D eigenvalue weighted by Crippen LogP contribution is 2.35. The zero-order valence-electron chi connectivity index (χ0n) is 23.6. The standard InChI is InChI=1S/C34H58O/c1-3-5-7-8-9-12-30-18-20-32(21-19-30)22-23-33-24-26-34(27-25-33)35-28-10-13-31-16-14-29(15-17-31)11-6-4-2/h24-27,29-32H,3-23,28H2,1-2H3. The molecule has 0 spiro atoms. The van der Waals surface area contributed by atoms with Crippen molar-refractivity contribution in [2.45, 2.75) is 149 Å². The molecule has 0 bridgehead atoms. The first-order valence-electron chi connectivity index (χ1n) is 16.0. The molecule has 200 valence electrons. The minimum Gasteiger partial charge on any atom is -0.494 e. The largest absolute Gasteiger partial charge is 0.494 e. The van der Waals surface area contributed by atoms with Crippen LogP contribution >= 0.6 is 0 Å². The maximum atomic E-state index is 6.09. The molecule has 0 N–H and O–H groups in total. The molecule has 0 aromatic heterocycles. The Bertz CT molecular complexity index is 618. The monoisotopic (exact) mass is 482 g/mol. The molecule has 0 amide bonds. The summed E-state index contributed by atoms with van der Waals surface area (Å²) in [5.41, 5.74) is 1.50. The van der Waals surface area contributed by atoms with Gasteiger partial charge in [0.1, 0.15) is 5.75 Å². The van der Waals surface area contributed by atoms with Crippen molar-refractivity contribution in [2.24, 2.45) is 23.7 Å². The van der Waals surface area contributed by atoms with E-state index in [-0.39, 0.29) is 0 Å². The number of rotatable bonds is 17. The van der Waals surface area contributed by atoms with Crippen LogP contribution in [0.2, 0.25) is 0 Å². The van der Waals surface area contributed by atoms with E-state index in [0.717, 1.165) is 36.0 Å². The molecule has 0 saturated heterocycles. The van der Waals surface area contributed by atoms with Crippen molar-refractivity contribution in [1.82, 2.24) is 0 Å². The Hall–Kier alpha value is -0.980. The van der Waals surface area contributed by atoms with Crippen LogP contribution in [0.3, 0.4) is 0 Å². The highest BCUT2D eigenvalue weighted by Gasteiger charge is 2.21. The SMILES string of the molecule is CCCCCCCC1CCC(CCc2ccc(OCCCC3CCC(CCCC)CC3)cc2)CC1.